The summed E-state index contributed by atoms with van der Waals surface area (Å²) < 4.78 is 1.06. The van der Waals surface area contributed by atoms with E-state index in [4.69, 9.17) is 10.8 Å². The van der Waals surface area contributed by atoms with Crippen molar-refractivity contribution in [2.45, 2.75) is 25.8 Å². The molecule has 0 aliphatic carbocycles. The molecule has 0 saturated heterocycles. The van der Waals surface area contributed by atoms with Crippen molar-refractivity contribution >= 4 is 15.9 Å². The van der Waals surface area contributed by atoms with Crippen molar-refractivity contribution in [3.8, 4) is 0 Å². The van der Waals surface area contributed by atoms with Gasteiger partial charge in [-0.25, -0.2) is 0 Å². The molecule has 0 aliphatic heterocycles. The fourth-order valence-electron chi connectivity index (χ4n) is 1.35. The molecule has 14 heavy (non-hydrogen) atoms. The predicted octanol–water partition coefficient (Wildman–Crippen LogP) is 2.56. The maximum Gasteiger partial charge on any atom is 0.0624 e. The molecular formula is C11H16BrNO. The summed E-state index contributed by atoms with van der Waals surface area (Å²) in [4.78, 5) is 0. The smallest absolute Gasteiger partial charge is 0.0624 e. The molecule has 1 atom stereocenters. The minimum Gasteiger partial charge on any atom is -0.394 e. The monoisotopic (exact) mass is 257 g/mol. The maximum absolute atomic E-state index is 8.92. The highest BCUT2D eigenvalue weighted by Gasteiger charge is 2.09. The zero-order valence-corrected chi connectivity index (χ0v) is 10.1. The van der Waals surface area contributed by atoms with E-state index in [9.17, 15) is 0 Å². The van der Waals surface area contributed by atoms with Crippen LogP contribution in [0.25, 0.3) is 0 Å². The lowest BCUT2D eigenvalue weighted by atomic mass is 9.99. The molecule has 1 unspecified atom stereocenters. The molecule has 0 radical (unpaired) electrons. The highest BCUT2D eigenvalue weighted by molar-refractivity contribution is 9.10. The molecule has 0 bridgehead atoms. The molecule has 3 heteroatoms. The van der Waals surface area contributed by atoms with E-state index >= 15 is 0 Å². The van der Waals surface area contributed by atoms with Crippen LogP contribution in [0, 0.1) is 0 Å². The normalized spacial score (nSPS) is 13.3. The Balaban J connectivity index is 3.00. The Bertz CT molecular complexity index is 312. The lowest BCUT2D eigenvalue weighted by Crippen LogP contribution is -2.14. The molecule has 0 aromatic heterocycles. The van der Waals surface area contributed by atoms with Gasteiger partial charge in [-0.1, -0.05) is 41.9 Å². The zero-order chi connectivity index (χ0) is 10.7. The van der Waals surface area contributed by atoms with Gasteiger partial charge in [-0.05, 0) is 23.1 Å². The van der Waals surface area contributed by atoms with Crippen LogP contribution in [0.1, 0.15) is 36.9 Å². The topological polar surface area (TPSA) is 46.2 Å². The summed E-state index contributed by atoms with van der Waals surface area (Å²) in [6, 6.07) is 5.73. The summed E-state index contributed by atoms with van der Waals surface area (Å²) in [5.74, 6) is 0.490. The van der Waals surface area contributed by atoms with Crippen LogP contribution in [-0.4, -0.2) is 11.7 Å². The van der Waals surface area contributed by atoms with Gasteiger partial charge in [0.15, 0.2) is 0 Å². The Kier molecular flexibility index (Phi) is 4.11. The van der Waals surface area contributed by atoms with E-state index in [1.807, 2.05) is 12.1 Å². The van der Waals surface area contributed by atoms with E-state index in [1.165, 1.54) is 5.56 Å². The minimum atomic E-state index is -0.285. The molecule has 0 amide bonds. The van der Waals surface area contributed by atoms with Gasteiger partial charge in [-0.2, -0.15) is 0 Å². The zero-order valence-electron chi connectivity index (χ0n) is 8.50. The van der Waals surface area contributed by atoms with Crippen LogP contribution < -0.4 is 5.73 Å². The van der Waals surface area contributed by atoms with Crippen LogP contribution in [-0.2, 0) is 0 Å². The summed E-state index contributed by atoms with van der Waals surface area (Å²) in [6.45, 7) is 4.27. The van der Waals surface area contributed by atoms with Crippen LogP contribution in [0.15, 0.2) is 22.7 Å². The van der Waals surface area contributed by atoms with Crippen LogP contribution in [0.3, 0.4) is 0 Å². The Hall–Kier alpha value is -0.380. The van der Waals surface area contributed by atoms with Crippen LogP contribution in [0.2, 0.25) is 0 Å². The van der Waals surface area contributed by atoms with E-state index in [1.54, 1.807) is 0 Å². The first-order valence-electron chi connectivity index (χ1n) is 4.72. The summed E-state index contributed by atoms with van der Waals surface area (Å²) in [6.07, 6.45) is 0. The lowest BCUT2D eigenvalue weighted by molar-refractivity contribution is 0.268. The van der Waals surface area contributed by atoms with E-state index in [0.29, 0.717) is 5.92 Å². The SMILES string of the molecule is CC(C)c1ccc(C(N)CO)cc1Br. The fourth-order valence-corrected chi connectivity index (χ4v) is 2.20. The van der Waals surface area contributed by atoms with Gasteiger partial charge in [0, 0.05) is 4.47 Å². The first-order chi connectivity index (χ1) is 6.56. The Labute approximate surface area is 93.3 Å². The van der Waals surface area contributed by atoms with Gasteiger partial charge >= 0.3 is 0 Å². The lowest BCUT2D eigenvalue weighted by Gasteiger charge is -2.13. The van der Waals surface area contributed by atoms with Gasteiger partial charge in [0.05, 0.1) is 12.6 Å². The predicted molar refractivity (Wildman–Crippen MR) is 62.2 cm³/mol. The highest BCUT2D eigenvalue weighted by atomic mass is 79.9. The summed E-state index contributed by atoms with van der Waals surface area (Å²) >= 11 is 3.51. The maximum atomic E-state index is 8.92. The van der Waals surface area contributed by atoms with Crippen molar-refractivity contribution in [1.29, 1.82) is 0 Å². The molecule has 0 fully saturated rings. The number of hydrogen-bond donors (Lipinski definition) is 2. The molecule has 3 N–H and O–H groups in total. The van der Waals surface area contributed by atoms with E-state index in [0.717, 1.165) is 10.0 Å². The molecule has 1 rings (SSSR count). The van der Waals surface area contributed by atoms with Crippen molar-refractivity contribution in [1.82, 2.24) is 0 Å². The molecule has 2 nitrogen and oxygen atoms in total. The number of benzene rings is 1. The van der Waals surface area contributed by atoms with Gasteiger partial charge in [0.25, 0.3) is 0 Å². The first-order valence-corrected chi connectivity index (χ1v) is 5.51. The minimum absolute atomic E-state index is 0.0204. The Morgan fingerprint density at radius 3 is 2.50 bits per heavy atom. The van der Waals surface area contributed by atoms with E-state index < -0.39 is 0 Å². The molecule has 0 saturated carbocycles. The number of halogens is 1. The molecule has 1 aromatic carbocycles. The average molecular weight is 258 g/mol. The largest absolute Gasteiger partial charge is 0.394 e. The van der Waals surface area contributed by atoms with Crippen LogP contribution in [0.4, 0.5) is 0 Å². The third kappa shape index (κ3) is 2.56. The fraction of sp³-hybridized carbons (Fsp3) is 0.455. The molecular weight excluding hydrogens is 242 g/mol. The second-order valence-corrected chi connectivity index (χ2v) is 4.58. The van der Waals surface area contributed by atoms with Gasteiger partial charge in [0.1, 0.15) is 0 Å². The van der Waals surface area contributed by atoms with E-state index in [2.05, 4.69) is 35.8 Å². The third-order valence-corrected chi connectivity index (χ3v) is 2.96. The first kappa shape index (κ1) is 11.7. The Morgan fingerprint density at radius 1 is 1.43 bits per heavy atom. The van der Waals surface area contributed by atoms with Crippen molar-refractivity contribution in [2.24, 2.45) is 5.73 Å². The van der Waals surface area contributed by atoms with Crippen molar-refractivity contribution in [2.75, 3.05) is 6.61 Å². The molecule has 1 aromatic rings. The van der Waals surface area contributed by atoms with Crippen LogP contribution >= 0.6 is 15.9 Å². The summed E-state index contributed by atoms with van der Waals surface area (Å²) in [5.41, 5.74) is 7.94. The average Bonchev–Trinajstić information content (AvgIpc) is 2.15. The number of rotatable bonds is 3. The van der Waals surface area contributed by atoms with Crippen molar-refractivity contribution in [3.05, 3.63) is 33.8 Å². The third-order valence-electron chi connectivity index (χ3n) is 2.27. The number of hydrogen-bond acceptors (Lipinski definition) is 2. The standard InChI is InChI=1S/C11H16BrNO/c1-7(2)9-4-3-8(5-10(9)12)11(13)6-14/h3-5,7,11,14H,6,13H2,1-2H3. The second-order valence-electron chi connectivity index (χ2n) is 3.72. The molecule has 0 spiro atoms. The second kappa shape index (κ2) is 4.91. The number of nitrogens with two attached hydrogens (primary N) is 1. The van der Waals surface area contributed by atoms with Gasteiger partial charge in [-0.15, -0.1) is 0 Å². The van der Waals surface area contributed by atoms with E-state index in [-0.39, 0.29) is 12.6 Å². The molecule has 78 valence electrons. The summed E-state index contributed by atoms with van der Waals surface area (Å²) in [5, 5.41) is 8.92. The van der Waals surface area contributed by atoms with Crippen LogP contribution in [0.5, 0.6) is 0 Å². The molecule has 0 heterocycles. The van der Waals surface area contributed by atoms with Crippen molar-refractivity contribution in [3.63, 3.8) is 0 Å². The summed E-state index contributed by atoms with van der Waals surface area (Å²) in [7, 11) is 0. The highest BCUT2D eigenvalue weighted by Crippen LogP contribution is 2.27. The quantitative estimate of drug-likeness (QED) is 0.875. The van der Waals surface area contributed by atoms with Gasteiger partial charge in [-0.3, -0.25) is 0 Å². The van der Waals surface area contributed by atoms with Gasteiger partial charge < -0.3 is 10.8 Å². The Morgan fingerprint density at radius 2 is 2.07 bits per heavy atom. The molecule has 0 aliphatic rings. The number of aliphatic hydroxyl groups is 1. The van der Waals surface area contributed by atoms with Crippen molar-refractivity contribution < 1.29 is 5.11 Å². The number of aliphatic hydroxyl groups excluding tert-OH is 1. The van der Waals surface area contributed by atoms with Gasteiger partial charge in [0.2, 0.25) is 0 Å².